The molecule has 1 aromatic carbocycles. The van der Waals surface area contributed by atoms with E-state index in [1.54, 1.807) is 6.07 Å². The van der Waals surface area contributed by atoms with Gasteiger partial charge < -0.3 is 14.9 Å². The second-order valence-electron chi connectivity index (χ2n) is 8.37. The fraction of sp³-hybridized carbons (Fsp3) is 0.462. The van der Waals surface area contributed by atoms with Crippen molar-refractivity contribution in [1.82, 2.24) is 0 Å². The molecule has 0 radical (unpaired) electrons. The van der Waals surface area contributed by atoms with E-state index in [0.717, 1.165) is 60.9 Å². The molecule has 0 aliphatic heterocycles. The van der Waals surface area contributed by atoms with Crippen LogP contribution in [0, 0.1) is 5.92 Å². The normalized spacial score (nSPS) is 17.1. The summed E-state index contributed by atoms with van der Waals surface area (Å²) < 4.78 is 4.75. The van der Waals surface area contributed by atoms with Crippen molar-refractivity contribution in [1.29, 1.82) is 0 Å². The summed E-state index contributed by atoms with van der Waals surface area (Å²) in [6, 6.07) is 11.3. The van der Waals surface area contributed by atoms with Gasteiger partial charge in [0.15, 0.2) is 11.5 Å². The highest BCUT2D eigenvalue weighted by Crippen LogP contribution is 2.39. The Bertz CT molecular complexity index is 957. The van der Waals surface area contributed by atoms with E-state index in [1.165, 1.54) is 18.4 Å². The fourth-order valence-corrected chi connectivity index (χ4v) is 5.24. The number of thiophene rings is 1. The summed E-state index contributed by atoms with van der Waals surface area (Å²) in [6.07, 6.45) is 6.23. The Labute approximate surface area is 193 Å². The van der Waals surface area contributed by atoms with Crippen LogP contribution in [0.4, 0.5) is 0 Å². The highest BCUT2D eigenvalue weighted by Gasteiger charge is 2.32. The van der Waals surface area contributed by atoms with E-state index in [2.05, 4.69) is 6.92 Å². The first-order chi connectivity index (χ1) is 15.4. The van der Waals surface area contributed by atoms with Gasteiger partial charge in [0.25, 0.3) is 0 Å². The van der Waals surface area contributed by atoms with Crippen LogP contribution in [0.2, 0.25) is 0 Å². The Kier molecular flexibility index (Phi) is 8.65. The summed E-state index contributed by atoms with van der Waals surface area (Å²) in [5, 5.41) is 20.8. The van der Waals surface area contributed by atoms with Gasteiger partial charge >= 0.3 is 5.97 Å². The van der Waals surface area contributed by atoms with Crippen LogP contribution >= 0.6 is 11.3 Å². The molecule has 2 aromatic rings. The van der Waals surface area contributed by atoms with Gasteiger partial charge in [-0.3, -0.25) is 4.79 Å². The molecule has 0 saturated carbocycles. The summed E-state index contributed by atoms with van der Waals surface area (Å²) in [7, 11) is 1.37. The summed E-state index contributed by atoms with van der Waals surface area (Å²) in [4.78, 5) is 25.5. The monoisotopic (exact) mass is 456 g/mol. The van der Waals surface area contributed by atoms with Gasteiger partial charge in [0.2, 0.25) is 0 Å². The minimum atomic E-state index is -0.486. The molecule has 1 aliphatic carbocycles. The summed E-state index contributed by atoms with van der Waals surface area (Å²) in [6.45, 7) is 2.14. The van der Waals surface area contributed by atoms with Crippen molar-refractivity contribution < 1.29 is 24.5 Å². The number of rotatable bonds is 11. The van der Waals surface area contributed by atoms with Crippen LogP contribution in [-0.2, 0) is 16.0 Å². The van der Waals surface area contributed by atoms with E-state index in [-0.39, 0.29) is 23.4 Å². The number of hydrogen-bond donors (Lipinski definition) is 2. The predicted molar refractivity (Wildman–Crippen MR) is 127 cm³/mol. The van der Waals surface area contributed by atoms with Crippen LogP contribution in [0.1, 0.15) is 83.6 Å². The lowest BCUT2D eigenvalue weighted by Gasteiger charge is -2.16. The number of ketones is 1. The minimum Gasteiger partial charge on any atom is -0.504 e. The van der Waals surface area contributed by atoms with Crippen LogP contribution in [0.3, 0.4) is 0 Å². The van der Waals surface area contributed by atoms with Gasteiger partial charge in [-0.2, -0.15) is 0 Å². The third kappa shape index (κ3) is 5.87. The van der Waals surface area contributed by atoms with Gasteiger partial charge in [0.1, 0.15) is 4.88 Å². The Morgan fingerprint density at radius 2 is 1.91 bits per heavy atom. The SMILES string of the molecule is CCCCCC(O)c1ccc(C2=C(O)C(=O)CC2CCCc2ccc(C(=O)OC)s2)cc1. The second kappa shape index (κ2) is 11.4. The molecule has 3 rings (SSSR count). The lowest BCUT2D eigenvalue weighted by molar-refractivity contribution is -0.117. The predicted octanol–water partition coefficient (Wildman–Crippen LogP) is 6.03. The first-order valence-electron chi connectivity index (χ1n) is 11.4. The number of aliphatic hydroxyl groups is 2. The molecule has 2 N–H and O–H groups in total. The van der Waals surface area contributed by atoms with Crippen molar-refractivity contribution in [3.05, 3.63) is 63.0 Å². The van der Waals surface area contributed by atoms with Crippen molar-refractivity contribution in [3.63, 3.8) is 0 Å². The number of allylic oxidation sites excluding steroid dienone is 2. The third-order valence-electron chi connectivity index (χ3n) is 6.07. The smallest absolute Gasteiger partial charge is 0.348 e. The molecule has 0 saturated heterocycles. The van der Waals surface area contributed by atoms with Crippen molar-refractivity contribution in [2.75, 3.05) is 7.11 Å². The average molecular weight is 457 g/mol. The molecule has 0 bridgehead atoms. The molecule has 1 aromatic heterocycles. The molecule has 172 valence electrons. The Morgan fingerprint density at radius 3 is 2.59 bits per heavy atom. The number of carbonyl (C=O) groups is 2. The Hall–Kier alpha value is -2.44. The van der Waals surface area contributed by atoms with E-state index < -0.39 is 6.10 Å². The number of methoxy groups -OCH3 is 1. The Balaban J connectivity index is 1.62. The number of aryl methyl sites for hydroxylation is 1. The second-order valence-corrected chi connectivity index (χ2v) is 9.54. The summed E-state index contributed by atoms with van der Waals surface area (Å²) in [5.74, 6) is -0.687. The van der Waals surface area contributed by atoms with E-state index >= 15 is 0 Å². The number of esters is 1. The molecule has 32 heavy (non-hydrogen) atoms. The lowest BCUT2D eigenvalue weighted by Crippen LogP contribution is -2.02. The maximum Gasteiger partial charge on any atom is 0.348 e. The highest BCUT2D eigenvalue weighted by atomic mass is 32.1. The molecule has 0 spiro atoms. The van der Waals surface area contributed by atoms with Gasteiger partial charge in [0, 0.05) is 16.9 Å². The zero-order chi connectivity index (χ0) is 23.1. The van der Waals surface area contributed by atoms with Gasteiger partial charge in [0.05, 0.1) is 13.2 Å². The number of carbonyl (C=O) groups excluding carboxylic acids is 2. The van der Waals surface area contributed by atoms with Crippen molar-refractivity contribution in [3.8, 4) is 0 Å². The quantitative estimate of drug-likeness (QED) is 0.319. The highest BCUT2D eigenvalue weighted by molar-refractivity contribution is 7.13. The number of unbranched alkanes of at least 4 members (excludes halogenated alkanes) is 2. The summed E-state index contributed by atoms with van der Waals surface area (Å²) in [5.41, 5.74) is 2.42. The maximum absolute atomic E-state index is 12.2. The molecule has 0 amide bonds. The molecule has 5 nitrogen and oxygen atoms in total. The number of Topliss-reactive ketones (excluding diaryl/α,β-unsaturated/α-hetero) is 1. The fourth-order valence-electron chi connectivity index (χ4n) is 4.27. The topological polar surface area (TPSA) is 83.8 Å². The summed E-state index contributed by atoms with van der Waals surface area (Å²) >= 11 is 1.43. The van der Waals surface area contributed by atoms with E-state index in [4.69, 9.17) is 4.74 Å². The first kappa shape index (κ1) is 24.2. The molecule has 2 unspecified atom stereocenters. The molecule has 1 heterocycles. The number of ether oxygens (including phenoxy) is 1. The van der Waals surface area contributed by atoms with Crippen LogP contribution < -0.4 is 0 Å². The van der Waals surface area contributed by atoms with Gasteiger partial charge in [-0.25, -0.2) is 4.79 Å². The number of aliphatic hydroxyl groups excluding tert-OH is 2. The van der Waals surface area contributed by atoms with Crippen LogP contribution in [0.5, 0.6) is 0 Å². The van der Waals surface area contributed by atoms with Crippen molar-refractivity contribution >= 4 is 28.7 Å². The standard InChI is InChI=1S/C26H32O5S/c1-3-4-5-9-21(27)17-10-12-18(13-11-17)24-19(16-22(28)25(24)29)7-6-8-20-14-15-23(32-20)26(30)31-2/h10-15,19,21,27,29H,3-9,16H2,1-2H3. The van der Waals surface area contributed by atoms with Crippen LogP contribution in [0.25, 0.3) is 5.57 Å². The maximum atomic E-state index is 12.2. The van der Waals surface area contributed by atoms with Crippen LogP contribution in [-0.4, -0.2) is 29.1 Å². The zero-order valence-corrected chi connectivity index (χ0v) is 19.6. The Morgan fingerprint density at radius 1 is 1.16 bits per heavy atom. The van der Waals surface area contributed by atoms with E-state index in [9.17, 15) is 19.8 Å². The van der Waals surface area contributed by atoms with E-state index in [0.29, 0.717) is 16.9 Å². The molecular formula is C26H32O5S. The van der Waals surface area contributed by atoms with Gasteiger partial charge in [-0.1, -0.05) is 50.5 Å². The largest absolute Gasteiger partial charge is 0.504 e. The average Bonchev–Trinajstić information content (AvgIpc) is 3.38. The molecule has 6 heteroatoms. The molecule has 0 fully saturated rings. The zero-order valence-electron chi connectivity index (χ0n) is 18.8. The first-order valence-corrected chi connectivity index (χ1v) is 12.2. The van der Waals surface area contributed by atoms with Crippen molar-refractivity contribution in [2.24, 2.45) is 5.92 Å². The minimum absolute atomic E-state index is 0.0251. The van der Waals surface area contributed by atoms with E-state index in [1.807, 2.05) is 30.3 Å². The lowest BCUT2D eigenvalue weighted by atomic mass is 9.89. The van der Waals surface area contributed by atoms with Gasteiger partial charge in [-0.15, -0.1) is 11.3 Å². The van der Waals surface area contributed by atoms with Gasteiger partial charge in [-0.05, 0) is 54.9 Å². The third-order valence-corrected chi connectivity index (χ3v) is 7.20. The van der Waals surface area contributed by atoms with Crippen LogP contribution in [0.15, 0.2) is 42.2 Å². The molecule has 2 atom stereocenters. The molecule has 1 aliphatic rings. The molecular weight excluding hydrogens is 424 g/mol. The number of benzene rings is 1. The van der Waals surface area contributed by atoms with Crippen molar-refractivity contribution in [2.45, 2.75) is 64.4 Å². The number of hydrogen-bond acceptors (Lipinski definition) is 6.